The third kappa shape index (κ3) is 4.25. The number of anilines is 6. The van der Waals surface area contributed by atoms with E-state index in [0.717, 1.165) is 0 Å². The third-order valence-electron chi connectivity index (χ3n) is 19.0. The van der Waals surface area contributed by atoms with Gasteiger partial charge in [-0.05, 0) is 109 Å². The van der Waals surface area contributed by atoms with Gasteiger partial charge in [0.25, 0.3) is 13.4 Å². The van der Waals surface area contributed by atoms with Crippen LogP contribution in [-0.2, 0) is 0 Å². The van der Waals surface area contributed by atoms with Crippen molar-refractivity contribution >= 4 is 194 Å². The van der Waals surface area contributed by atoms with E-state index in [1.807, 2.05) is 23.5 Å². The number of nitrogens with zero attached hydrogens (tertiary/aromatic N) is 4. The van der Waals surface area contributed by atoms with E-state index in [0.29, 0.717) is 0 Å². The van der Waals surface area contributed by atoms with E-state index in [1.165, 1.54) is 174 Å². The molecule has 76 heavy (non-hydrogen) atoms. The average molecular weight is 990 g/mol. The zero-order chi connectivity index (χ0) is 48.5. The lowest BCUT2D eigenvalue weighted by Gasteiger charge is -2.48. The van der Waals surface area contributed by atoms with Crippen LogP contribution in [0, 0.1) is 0 Å². The van der Waals surface area contributed by atoms with E-state index in [2.05, 4.69) is 225 Å². The molecule has 0 unspecified atom stereocenters. The van der Waals surface area contributed by atoms with Crippen LogP contribution in [0.25, 0.3) is 55.0 Å². The summed E-state index contributed by atoms with van der Waals surface area (Å²) in [6.45, 7) is 0.301. The summed E-state index contributed by atoms with van der Waals surface area (Å²) in [6.07, 6.45) is 0. The topological polar surface area (TPSA) is 16.3 Å². The van der Waals surface area contributed by atoms with Crippen LogP contribution < -0.4 is 75.4 Å². The zero-order valence-electron chi connectivity index (χ0n) is 40.5. The van der Waals surface area contributed by atoms with Crippen LogP contribution in [-0.4, -0.2) is 36.0 Å². The molecule has 0 radical (unpaired) electrons. The molecule has 0 fully saturated rings. The molecule has 4 nitrogen and oxygen atoms in total. The summed E-state index contributed by atoms with van der Waals surface area (Å²) in [5.74, 6) is 0. The standard InChI is InChI=1S/C66H34B4N4S2/c1-7-25-47-35(15-1)37-17-13-23-43-63(37)71(47)53-32-57-61-65-59(53)67(43)39-19-3-9-27-49(39)73(65)51-29-11-5-21-41(51)69(61)45-31-46-56(34-55(45)75-57)76-58-33-54-60-66-62(58)70(46)42-22-6-12-30-52(42)74(66)50-28-10-4-20-40(50)68(60)44-24-14-18-38-36-16-2-8-26-48(36)72(54)64(38)44/h1-34H. The van der Waals surface area contributed by atoms with Gasteiger partial charge in [0.1, 0.15) is 0 Å². The van der Waals surface area contributed by atoms with Gasteiger partial charge >= 0.3 is 0 Å². The Bertz CT molecular complexity index is 4730. The van der Waals surface area contributed by atoms with E-state index in [4.69, 9.17) is 0 Å². The van der Waals surface area contributed by atoms with Crippen molar-refractivity contribution in [1.29, 1.82) is 0 Å². The Balaban J connectivity index is 0.853. The number of hydrogen-bond donors (Lipinski definition) is 0. The lowest BCUT2D eigenvalue weighted by Crippen LogP contribution is -2.69. The van der Waals surface area contributed by atoms with Gasteiger partial charge in [-0.15, -0.1) is 0 Å². The summed E-state index contributed by atoms with van der Waals surface area (Å²) in [4.78, 5) is 10.8. The maximum Gasteiger partial charge on any atom is 0.252 e. The molecular weight excluding hydrogens is 956 g/mol. The highest BCUT2D eigenvalue weighted by Gasteiger charge is 2.53. The Labute approximate surface area is 446 Å². The smallest absolute Gasteiger partial charge is 0.252 e. The van der Waals surface area contributed by atoms with Crippen LogP contribution in [0.5, 0.6) is 0 Å². The predicted molar refractivity (Wildman–Crippen MR) is 324 cm³/mol. The van der Waals surface area contributed by atoms with Crippen molar-refractivity contribution in [3.63, 3.8) is 0 Å². The second-order valence-electron chi connectivity index (χ2n) is 22.1. The molecule has 2 aromatic heterocycles. The first-order chi connectivity index (χ1) is 37.8. The second-order valence-corrected chi connectivity index (χ2v) is 24.3. The van der Waals surface area contributed by atoms with Crippen LogP contribution in [0.3, 0.4) is 0 Å². The van der Waals surface area contributed by atoms with E-state index in [9.17, 15) is 0 Å². The zero-order valence-corrected chi connectivity index (χ0v) is 42.2. The fourth-order valence-electron chi connectivity index (χ4n) is 16.4. The van der Waals surface area contributed by atoms with Crippen molar-refractivity contribution in [2.45, 2.75) is 19.6 Å². The minimum Gasteiger partial charge on any atom is -0.312 e. The van der Waals surface area contributed by atoms with E-state index >= 15 is 0 Å². The third-order valence-corrected chi connectivity index (χ3v) is 21.2. The molecule has 10 heterocycles. The number of rotatable bonds is 0. The number of hydrogen-bond acceptors (Lipinski definition) is 4. The van der Waals surface area contributed by atoms with Crippen molar-refractivity contribution in [3.8, 4) is 11.4 Å². The normalized spacial score (nSPS) is 15.1. The molecule has 11 aromatic carbocycles. The summed E-state index contributed by atoms with van der Waals surface area (Å²) in [5.41, 5.74) is 32.7. The van der Waals surface area contributed by atoms with Gasteiger partial charge in [0.15, 0.2) is 0 Å². The molecule has 8 aliphatic rings. The highest BCUT2D eigenvalue weighted by atomic mass is 32.2. The second kappa shape index (κ2) is 13.1. The first-order valence-electron chi connectivity index (χ1n) is 26.7. The summed E-state index contributed by atoms with van der Waals surface area (Å²) in [6, 6.07) is 80.1. The molecule has 8 aliphatic heterocycles. The molecule has 0 saturated carbocycles. The Morgan fingerprint density at radius 2 is 0.618 bits per heavy atom. The van der Waals surface area contributed by atoms with E-state index in [1.54, 1.807) is 0 Å². The minimum atomic E-state index is 0.0506. The number of para-hydroxylation sites is 8. The Morgan fingerprint density at radius 1 is 0.263 bits per heavy atom. The Hall–Kier alpha value is -8.42. The molecule has 342 valence electrons. The van der Waals surface area contributed by atoms with Crippen molar-refractivity contribution in [3.05, 3.63) is 206 Å². The van der Waals surface area contributed by atoms with Crippen LogP contribution in [0.1, 0.15) is 0 Å². The van der Waals surface area contributed by atoms with Gasteiger partial charge in [-0.1, -0.05) is 186 Å². The molecule has 0 atom stereocenters. The van der Waals surface area contributed by atoms with Crippen molar-refractivity contribution in [1.82, 2.24) is 9.13 Å². The highest BCUT2D eigenvalue weighted by molar-refractivity contribution is 8.01. The van der Waals surface area contributed by atoms with Crippen molar-refractivity contribution in [2.75, 3.05) is 9.80 Å². The monoisotopic (exact) mass is 990 g/mol. The molecule has 13 aromatic rings. The van der Waals surface area contributed by atoms with Gasteiger partial charge in [0, 0.05) is 97.7 Å². The van der Waals surface area contributed by atoms with Gasteiger partial charge in [-0.2, -0.15) is 0 Å². The van der Waals surface area contributed by atoms with E-state index < -0.39 is 0 Å². The van der Waals surface area contributed by atoms with Crippen molar-refractivity contribution < 1.29 is 0 Å². The van der Waals surface area contributed by atoms with E-state index in [-0.39, 0.29) is 26.9 Å². The summed E-state index contributed by atoms with van der Waals surface area (Å²) in [5, 5.41) is 5.29. The number of fused-ring (bicyclic) bond motifs is 26. The molecule has 0 N–H and O–H groups in total. The molecule has 0 saturated heterocycles. The van der Waals surface area contributed by atoms with Crippen LogP contribution in [0.4, 0.5) is 34.1 Å². The largest absolute Gasteiger partial charge is 0.312 e. The highest BCUT2D eigenvalue weighted by Crippen LogP contribution is 2.50. The number of aromatic nitrogens is 2. The molecule has 0 spiro atoms. The fraction of sp³-hybridized carbons (Fsp3) is 0. The summed E-state index contributed by atoms with van der Waals surface area (Å²) in [7, 11) is 0. The lowest BCUT2D eigenvalue weighted by atomic mass is 9.28. The minimum absolute atomic E-state index is 0.0506. The van der Waals surface area contributed by atoms with Gasteiger partial charge in [-0.25, -0.2) is 0 Å². The lowest BCUT2D eigenvalue weighted by molar-refractivity contribution is 1.16. The first-order valence-corrected chi connectivity index (χ1v) is 28.4. The predicted octanol–water partition coefficient (Wildman–Crippen LogP) is 7.69. The maximum atomic E-state index is 2.70. The molecule has 0 bridgehead atoms. The molecule has 10 heteroatoms. The van der Waals surface area contributed by atoms with Crippen LogP contribution in [0.2, 0.25) is 0 Å². The quantitative estimate of drug-likeness (QED) is 0.145. The summed E-state index contributed by atoms with van der Waals surface area (Å²) < 4.78 is 5.25. The molecule has 0 amide bonds. The van der Waals surface area contributed by atoms with Crippen LogP contribution >= 0.6 is 23.5 Å². The SMILES string of the molecule is c1ccc2c(c1)B1c3cc4c(cc3Sc3cc5c6c(c31)N2c1ccccc1B6c1cccc2c3ccccc3n-5c12)Sc1cc2c3c5c1B4c1ccccc1N5c1ccccc1B3c1cccc3c4ccccc4n-2c13. The van der Waals surface area contributed by atoms with Gasteiger partial charge in [0.2, 0.25) is 13.4 Å². The fourth-order valence-corrected chi connectivity index (χ4v) is 18.9. The van der Waals surface area contributed by atoms with Gasteiger partial charge in [-0.3, -0.25) is 0 Å². The Morgan fingerprint density at radius 3 is 1.05 bits per heavy atom. The molecular formula is C66H34B4N4S2. The molecule has 0 aliphatic carbocycles. The van der Waals surface area contributed by atoms with Gasteiger partial charge < -0.3 is 18.9 Å². The van der Waals surface area contributed by atoms with Crippen LogP contribution in [0.15, 0.2) is 226 Å². The Kier molecular flexibility index (Phi) is 6.76. The first kappa shape index (κ1) is 39.1. The summed E-state index contributed by atoms with van der Waals surface area (Å²) >= 11 is 4.00. The average Bonchev–Trinajstić information content (AvgIpc) is 3.81. The molecule has 21 rings (SSSR count). The number of benzene rings is 11. The maximum absolute atomic E-state index is 2.70. The van der Waals surface area contributed by atoms with Crippen molar-refractivity contribution in [2.24, 2.45) is 0 Å². The van der Waals surface area contributed by atoms with Gasteiger partial charge in [0.05, 0.1) is 11.0 Å².